The lowest BCUT2D eigenvalue weighted by molar-refractivity contribution is -0.161. The summed E-state index contributed by atoms with van der Waals surface area (Å²) in [7, 11) is -4.91. The summed E-state index contributed by atoms with van der Waals surface area (Å²) in [6.07, 6.45) is 47.4. The molecule has 62 heavy (non-hydrogen) atoms. The van der Waals surface area contributed by atoms with Gasteiger partial charge < -0.3 is 35.2 Å². The van der Waals surface area contributed by atoms with Crippen LogP contribution in [0, 0.1) is 0 Å². The number of carboxylic acid groups (broad SMARTS) is 1. The normalized spacial score (nSPS) is 14.8. The van der Waals surface area contributed by atoms with Crippen LogP contribution in [-0.4, -0.2) is 80.4 Å². The first-order chi connectivity index (χ1) is 29.9. The van der Waals surface area contributed by atoms with E-state index in [0.717, 1.165) is 57.8 Å². The predicted molar refractivity (Wildman–Crippen MR) is 254 cm³/mol. The summed E-state index contributed by atoms with van der Waals surface area (Å²) < 4.78 is 26.5. The van der Waals surface area contributed by atoms with Gasteiger partial charge in [-0.2, -0.15) is 0 Å². The van der Waals surface area contributed by atoms with E-state index >= 15 is 0 Å². The Balaban J connectivity index is 4.84. The third-order valence-electron chi connectivity index (χ3n) is 9.07. The lowest BCUT2D eigenvalue weighted by Gasteiger charge is -2.22. The van der Waals surface area contributed by atoms with E-state index in [0.29, 0.717) is 6.42 Å². The fourth-order valence-corrected chi connectivity index (χ4v) is 7.05. The standard InChI is InChI=1S/C48H78NO11PS/c1-3-5-7-9-11-13-15-17-18-19-20-21-22-23-25-27-29-31-33-38-47(53)60-42(40-59-61(55,56)57)39-58-48(54)43(49)41-62-45(44(50)35-34-37-46(51)52)36-32-30-28-26-24-16-14-12-10-8-6-4-2/h11-14,17-18,20-21,23-26,28,30,32,36,42-45,50H,3-10,15-16,19,22,27,29,31,33-35,37-41,49H2,1-2H3,(H,51,52)(H2,55,56,57)/b13-11-,14-12-,18-17-,21-20-,25-23-,26-24-,30-28+,36-32+/t42-,43+,44+,45-/m1/s1. The molecule has 12 nitrogen and oxygen atoms in total. The lowest BCUT2D eigenvalue weighted by Crippen LogP contribution is -2.38. The maximum atomic E-state index is 12.8. The molecule has 0 saturated carbocycles. The number of aliphatic hydroxyl groups is 1. The summed E-state index contributed by atoms with van der Waals surface area (Å²) in [5.41, 5.74) is 6.10. The molecule has 0 amide bonds. The van der Waals surface area contributed by atoms with Crippen molar-refractivity contribution in [3.63, 3.8) is 0 Å². The van der Waals surface area contributed by atoms with Gasteiger partial charge in [-0.3, -0.25) is 18.9 Å². The van der Waals surface area contributed by atoms with Gasteiger partial charge in [-0.05, 0) is 83.5 Å². The number of aliphatic hydroxyl groups excluding tert-OH is 1. The number of allylic oxidation sites excluding steroid dienone is 15. The van der Waals surface area contributed by atoms with Gasteiger partial charge in [-0.25, -0.2) is 4.57 Å². The number of hydrogen-bond donors (Lipinski definition) is 5. The second kappa shape index (κ2) is 41.7. The maximum Gasteiger partial charge on any atom is 0.469 e. The number of nitrogens with two attached hydrogens (primary N) is 1. The van der Waals surface area contributed by atoms with Crippen molar-refractivity contribution in [2.75, 3.05) is 19.0 Å². The van der Waals surface area contributed by atoms with Crippen molar-refractivity contribution in [3.8, 4) is 0 Å². The Morgan fingerprint density at radius 2 is 1.19 bits per heavy atom. The van der Waals surface area contributed by atoms with Crippen LogP contribution in [0.15, 0.2) is 97.2 Å². The molecular weight excluding hydrogens is 830 g/mol. The Labute approximate surface area is 376 Å². The number of esters is 2. The highest BCUT2D eigenvalue weighted by Gasteiger charge is 2.26. The summed E-state index contributed by atoms with van der Waals surface area (Å²) in [6, 6.07) is -1.15. The molecular formula is C48H78NO11PS. The molecule has 0 fully saturated rings. The third-order valence-corrected chi connectivity index (χ3v) is 11.0. The van der Waals surface area contributed by atoms with Gasteiger partial charge in [0.1, 0.15) is 12.6 Å². The number of hydrogen-bond acceptors (Lipinski definition) is 10. The van der Waals surface area contributed by atoms with Crippen LogP contribution in [0.25, 0.3) is 0 Å². The Bertz CT molecular complexity index is 1450. The van der Waals surface area contributed by atoms with Crippen LogP contribution in [0.1, 0.15) is 142 Å². The van der Waals surface area contributed by atoms with Gasteiger partial charge in [0, 0.05) is 23.8 Å². The van der Waals surface area contributed by atoms with Gasteiger partial charge in [0.2, 0.25) is 0 Å². The minimum Gasteiger partial charge on any atom is -0.481 e. The average molecular weight is 908 g/mol. The first-order valence-electron chi connectivity index (χ1n) is 22.5. The zero-order valence-corrected chi connectivity index (χ0v) is 39.1. The highest BCUT2D eigenvalue weighted by molar-refractivity contribution is 8.00. The van der Waals surface area contributed by atoms with Crippen molar-refractivity contribution in [1.82, 2.24) is 0 Å². The molecule has 0 rings (SSSR count). The number of unbranched alkanes of at least 4 members (excludes halogenated alkanes) is 9. The summed E-state index contributed by atoms with van der Waals surface area (Å²) in [6.45, 7) is 3.15. The molecule has 0 aliphatic heterocycles. The van der Waals surface area contributed by atoms with E-state index in [2.05, 4.69) is 79.1 Å². The maximum absolute atomic E-state index is 12.8. The van der Waals surface area contributed by atoms with Gasteiger partial charge in [0.25, 0.3) is 0 Å². The van der Waals surface area contributed by atoms with Crippen LogP contribution in [0.4, 0.5) is 0 Å². The molecule has 14 heteroatoms. The number of carboxylic acids is 1. The van der Waals surface area contributed by atoms with E-state index in [1.165, 1.54) is 50.3 Å². The first-order valence-corrected chi connectivity index (χ1v) is 25.1. The number of thioether (sulfide) groups is 1. The third kappa shape index (κ3) is 40.8. The Morgan fingerprint density at radius 3 is 1.74 bits per heavy atom. The van der Waals surface area contributed by atoms with Gasteiger partial charge in [-0.15, -0.1) is 11.8 Å². The number of carbonyl (C=O) groups excluding carboxylic acids is 2. The highest BCUT2D eigenvalue weighted by atomic mass is 32.2. The van der Waals surface area contributed by atoms with Gasteiger partial charge in [0.05, 0.1) is 12.7 Å². The van der Waals surface area contributed by atoms with Gasteiger partial charge in [-0.1, -0.05) is 143 Å². The van der Waals surface area contributed by atoms with Crippen LogP contribution >= 0.6 is 19.6 Å². The Hall–Kier alpha value is -3.29. The summed E-state index contributed by atoms with van der Waals surface area (Å²) in [5, 5.41) is 19.3. The molecule has 0 heterocycles. The number of aliphatic carboxylic acids is 1. The van der Waals surface area contributed by atoms with E-state index in [-0.39, 0.29) is 31.4 Å². The fourth-order valence-electron chi connectivity index (χ4n) is 5.56. The largest absolute Gasteiger partial charge is 0.481 e. The molecule has 0 unspecified atom stereocenters. The van der Waals surface area contributed by atoms with Gasteiger partial charge in [0.15, 0.2) is 6.10 Å². The van der Waals surface area contributed by atoms with E-state index in [1.807, 2.05) is 24.3 Å². The zero-order valence-electron chi connectivity index (χ0n) is 37.4. The minimum atomic E-state index is -4.91. The number of rotatable bonds is 40. The molecule has 6 N–H and O–H groups in total. The van der Waals surface area contributed by atoms with Crippen molar-refractivity contribution >= 4 is 37.5 Å². The van der Waals surface area contributed by atoms with E-state index in [4.69, 9.17) is 20.3 Å². The monoisotopic (exact) mass is 908 g/mol. The smallest absolute Gasteiger partial charge is 0.469 e. The number of ether oxygens (including phenoxy) is 2. The fraction of sp³-hybridized carbons (Fsp3) is 0.604. The second-order valence-corrected chi connectivity index (χ2v) is 17.3. The predicted octanol–water partition coefficient (Wildman–Crippen LogP) is 10.7. The van der Waals surface area contributed by atoms with Crippen molar-refractivity contribution in [3.05, 3.63) is 97.2 Å². The van der Waals surface area contributed by atoms with E-state index < -0.39 is 62.4 Å². The van der Waals surface area contributed by atoms with Crippen molar-refractivity contribution in [1.29, 1.82) is 0 Å². The number of phosphoric ester groups is 1. The van der Waals surface area contributed by atoms with Crippen LogP contribution < -0.4 is 5.73 Å². The highest BCUT2D eigenvalue weighted by Crippen LogP contribution is 2.36. The average Bonchev–Trinajstić information content (AvgIpc) is 3.23. The number of carbonyl (C=O) groups is 3. The Morgan fingerprint density at radius 1 is 0.661 bits per heavy atom. The molecule has 0 bridgehead atoms. The number of phosphoric acid groups is 1. The summed E-state index contributed by atoms with van der Waals surface area (Å²) in [4.78, 5) is 54.8. The van der Waals surface area contributed by atoms with Crippen LogP contribution in [0.2, 0.25) is 0 Å². The minimum absolute atomic E-state index is 0.0303. The molecule has 0 aliphatic carbocycles. The molecule has 0 spiro atoms. The van der Waals surface area contributed by atoms with Crippen LogP contribution in [0.3, 0.4) is 0 Å². The molecule has 4 atom stereocenters. The topological polar surface area (TPSA) is 203 Å². The molecule has 0 aliphatic rings. The quantitative estimate of drug-likeness (QED) is 0.0128. The van der Waals surface area contributed by atoms with Crippen molar-refractivity contribution < 1.29 is 52.9 Å². The zero-order chi connectivity index (χ0) is 45.9. The van der Waals surface area contributed by atoms with Crippen molar-refractivity contribution in [2.24, 2.45) is 5.73 Å². The molecule has 0 radical (unpaired) electrons. The molecule has 0 saturated heterocycles. The van der Waals surface area contributed by atoms with Gasteiger partial charge >= 0.3 is 25.7 Å². The second-order valence-electron chi connectivity index (χ2n) is 14.9. The first kappa shape index (κ1) is 58.7. The van der Waals surface area contributed by atoms with E-state index in [9.17, 15) is 33.8 Å². The van der Waals surface area contributed by atoms with Crippen LogP contribution in [0.5, 0.6) is 0 Å². The Kier molecular flexibility index (Phi) is 39.5. The lowest BCUT2D eigenvalue weighted by atomic mass is 10.1. The SMILES string of the molecule is CCCCC/C=C\C\C=C/C=C/C=C/[C@@H](SC[C@H](N)C(=O)OC[C@H](COP(=O)(O)O)OC(=O)CCCCC/C=C\C/C=C\C/C=C\C/C=C\CCCCC)[C@@H](O)CCCC(=O)O. The summed E-state index contributed by atoms with van der Waals surface area (Å²) in [5.74, 6) is -2.40. The molecule has 0 aromatic heterocycles. The molecule has 0 aromatic rings. The molecule has 352 valence electrons. The van der Waals surface area contributed by atoms with Crippen LogP contribution in [-0.2, 0) is 32.9 Å². The van der Waals surface area contributed by atoms with E-state index in [1.54, 1.807) is 12.2 Å². The van der Waals surface area contributed by atoms with Crippen molar-refractivity contribution in [2.45, 2.75) is 166 Å². The molecule has 0 aromatic carbocycles. The summed E-state index contributed by atoms with van der Waals surface area (Å²) >= 11 is 1.20.